The van der Waals surface area contributed by atoms with Crippen LogP contribution < -0.4 is 5.56 Å². The molecule has 3 heterocycles. The van der Waals surface area contributed by atoms with E-state index in [1.807, 2.05) is 11.6 Å². The molecule has 0 saturated carbocycles. The summed E-state index contributed by atoms with van der Waals surface area (Å²) >= 11 is 0. The highest BCUT2D eigenvalue weighted by atomic mass is 16.5. The second-order valence-corrected chi connectivity index (χ2v) is 4.52. The summed E-state index contributed by atoms with van der Waals surface area (Å²) in [5.74, 6) is 0. The maximum absolute atomic E-state index is 11.7. The summed E-state index contributed by atoms with van der Waals surface area (Å²) in [5, 5.41) is 3.16. The van der Waals surface area contributed by atoms with Crippen LogP contribution in [0.3, 0.4) is 0 Å². The Labute approximate surface area is 98.8 Å². The Morgan fingerprint density at radius 2 is 2.47 bits per heavy atom. The molecule has 17 heavy (non-hydrogen) atoms. The van der Waals surface area contributed by atoms with Gasteiger partial charge in [0.15, 0.2) is 0 Å². The second kappa shape index (κ2) is 4.00. The lowest BCUT2D eigenvalue weighted by atomic mass is 10.1. The van der Waals surface area contributed by atoms with Crippen molar-refractivity contribution in [3.63, 3.8) is 0 Å². The molecule has 3 aliphatic rings. The van der Waals surface area contributed by atoms with E-state index in [1.54, 1.807) is 12.4 Å². The number of aromatic nitrogens is 3. The van der Waals surface area contributed by atoms with E-state index in [1.165, 1.54) is 0 Å². The monoisotopic (exact) mass is 233 g/mol. The third kappa shape index (κ3) is 1.67. The van der Waals surface area contributed by atoms with E-state index in [0.717, 1.165) is 30.7 Å². The maximum atomic E-state index is 11.7. The highest BCUT2D eigenvalue weighted by molar-refractivity contribution is 5.62. The van der Waals surface area contributed by atoms with Gasteiger partial charge in [0.05, 0.1) is 23.9 Å². The molecule has 3 rings (SSSR count). The molecule has 0 aliphatic carbocycles. The Hall–Kier alpha value is -1.62. The Kier molecular flexibility index (Phi) is 2.48. The van der Waals surface area contributed by atoms with Crippen LogP contribution in [0.15, 0.2) is 17.2 Å². The smallest absolute Gasteiger partial charge is 0.280 e. The first kappa shape index (κ1) is 10.5. The molecular formula is C12H15N3O2. The molecular weight excluding hydrogens is 218 g/mol. The van der Waals surface area contributed by atoms with Gasteiger partial charge in [0.1, 0.15) is 0 Å². The first-order valence-corrected chi connectivity index (χ1v) is 5.90. The molecule has 90 valence electrons. The number of aryl methyl sites for hydroxylation is 1. The fraction of sp³-hybridized carbons (Fsp3) is 0.500. The predicted octanol–water partition coefficient (Wildman–Crippen LogP) is 1.34. The van der Waals surface area contributed by atoms with Crippen molar-refractivity contribution in [3.8, 4) is 11.3 Å². The quantitative estimate of drug-likeness (QED) is 0.808. The summed E-state index contributed by atoms with van der Waals surface area (Å²) in [6, 6.07) is 0.293. The van der Waals surface area contributed by atoms with Crippen molar-refractivity contribution in [2.24, 2.45) is 0 Å². The number of pyridine rings is 1. The van der Waals surface area contributed by atoms with Crippen LogP contribution in [0.2, 0.25) is 0 Å². The van der Waals surface area contributed by atoms with E-state index in [2.05, 4.69) is 10.1 Å². The molecule has 1 unspecified atom stereocenters. The number of nitrogens with one attached hydrogen (secondary N) is 1. The maximum Gasteiger partial charge on any atom is 0.280 e. The van der Waals surface area contributed by atoms with Crippen LogP contribution in [0.25, 0.3) is 11.3 Å². The molecule has 0 aromatic rings. The van der Waals surface area contributed by atoms with Crippen molar-refractivity contribution in [1.29, 1.82) is 0 Å². The van der Waals surface area contributed by atoms with Gasteiger partial charge in [0.25, 0.3) is 5.56 Å². The Bertz CT molecular complexity index is 552. The van der Waals surface area contributed by atoms with Crippen LogP contribution in [-0.4, -0.2) is 28.0 Å². The summed E-state index contributed by atoms with van der Waals surface area (Å²) in [4.78, 5) is 15.5. The average Bonchev–Trinajstić information content (AvgIpc) is 2.81. The van der Waals surface area contributed by atoms with Crippen LogP contribution in [0.4, 0.5) is 0 Å². The lowest BCUT2D eigenvalue weighted by molar-refractivity contribution is 0.0555. The van der Waals surface area contributed by atoms with Crippen LogP contribution >= 0.6 is 0 Å². The molecule has 0 amide bonds. The number of nitrogens with zero attached hydrogens (tertiary/aromatic N) is 2. The summed E-state index contributed by atoms with van der Waals surface area (Å²) in [5.41, 5.74) is 2.47. The standard InChI is InChI=1S/C12H15N3O2/c1-8-5-13-12(16)10-6-14-15(11(8)10)9-3-2-4-17-7-9/h5-6,9,14H,2-4,7H2,1H3. The second-order valence-electron chi connectivity index (χ2n) is 4.52. The predicted molar refractivity (Wildman–Crippen MR) is 63.3 cm³/mol. The molecule has 1 saturated heterocycles. The van der Waals surface area contributed by atoms with Gasteiger partial charge in [-0.25, -0.2) is 4.98 Å². The highest BCUT2D eigenvalue weighted by Crippen LogP contribution is 2.27. The van der Waals surface area contributed by atoms with E-state index in [4.69, 9.17) is 4.74 Å². The van der Waals surface area contributed by atoms with Gasteiger partial charge in [-0.3, -0.25) is 9.48 Å². The number of hydrogen-bond donors (Lipinski definition) is 1. The molecule has 3 aliphatic heterocycles. The van der Waals surface area contributed by atoms with Crippen LogP contribution in [0.1, 0.15) is 24.4 Å². The Morgan fingerprint density at radius 1 is 1.59 bits per heavy atom. The molecule has 0 radical (unpaired) electrons. The van der Waals surface area contributed by atoms with E-state index in [-0.39, 0.29) is 5.56 Å². The first-order valence-electron chi connectivity index (χ1n) is 5.90. The highest BCUT2D eigenvalue weighted by Gasteiger charge is 2.23. The molecule has 5 heteroatoms. The minimum atomic E-state index is -0.169. The van der Waals surface area contributed by atoms with Gasteiger partial charge in [-0.1, -0.05) is 0 Å². The largest absolute Gasteiger partial charge is 0.379 e. The van der Waals surface area contributed by atoms with Gasteiger partial charge in [-0.2, -0.15) is 0 Å². The summed E-state index contributed by atoms with van der Waals surface area (Å²) in [6.07, 6.45) is 5.52. The van der Waals surface area contributed by atoms with Crippen molar-refractivity contribution in [1.82, 2.24) is 14.8 Å². The first-order chi connectivity index (χ1) is 8.27. The number of hydrogen-bond acceptors (Lipinski definition) is 3. The summed E-state index contributed by atoms with van der Waals surface area (Å²) in [6.45, 7) is 3.52. The van der Waals surface area contributed by atoms with Gasteiger partial charge in [0, 0.05) is 19.0 Å². The van der Waals surface area contributed by atoms with Crippen molar-refractivity contribution >= 4 is 0 Å². The molecule has 0 aromatic heterocycles. The summed E-state index contributed by atoms with van der Waals surface area (Å²) in [7, 11) is 0. The van der Waals surface area contributed by atoms with Gasteiger partial charge in [-0.05, 0) is 25.3 Å². The topological polar surface area (TPSA) is 59.9 Å². The number of rotatable bonds is 1. The fourth-order valence-electron chi connectivity index (χ4n) is 2.46. The summed E-state index contributed by atoms with van der Waals surface area (Å²) < 4.78 is 7.54. The molecule has 1 atom stereocenters. The van der Waals surface area contributed by atoms with Crippen molar-refractivity contribution < 1.29 is 4.74 Å². The third-order valence-corrected chi connectivity index (χ3v) is 3.32. The number of fused-ring (bicyclic) bond motifs is 1. The zero-order chi connectivity index (χ0) is 11.8. The lowest BCUT2D eigenvalue weighted by Crippen LogP contribution is -2.23. The zero-order valence-corrected chi connectivity index (χ0v) is 9.77. The van der Waals surface area contributed by atoms with Gasteiger partial charge in [0.2, 0.25) is 0 Å². The molecule has 1 N–H and O–H groups in total. The Morgan fingerprint density at radius 3 is 3.24 bits per heavy atom. The van der Waals surface area contributed by atoms with E-state index < -0.39 is 0 Å². The molecule has 1 fully saturated rings. The molecule has 0 aromatic carbocycles. The fourth-order valence-corrected chi connectivity index (χ4v) is 2.46. The average molecular weight is 233 g/mol. The van der Waals surface area contributed by atoms with Crippen LogP contribution in [0, 0.1) is 6.92 Å². The van der Waals surface area contributed by atoms with Gasteiger partial charge >= 0.3 is 0 Å². The van der Waals surface area contributed by atoms with Crippen molar-refractivity contribution in [2.45, 2.75) is 25.8 Å². The lowest BCUT2D eigenvalue weighted by Gasteiger charge is -2.25. The van der Waals surface area contributed by atoms with Crippen molar-refractivity contribution in [3.05, 3.63) is 28.3 Å². The normalized spacial score (nSPS) is 20.9. The van der Waals surface area contributed by atoms with Crippen LogP contribution in [0.5, 0.6) is 0 Å². The van der Waals surface area contributed by atoms with E-state index >= 15 is 0 Å². The van der Waals surface area contributed by atoms with Crippen molar-refractivity contribution in [2.75, 3.05) is 13.2 Å². The van der Waals surface area contributed by atoms with Crippen LogP contribution in [-0.2, 0) is 4.74 Å². The van der Waals surface area contributed by atoms with E-state index in [9.17, 15) is 4.79 Å². The minimum Gasteiger partial charge on any atom is -0.379 e. The number of ether oxygens (including phenoxy) is 1. The molecule has 0 spiro atoms. The minimum absolute atomic E-state index is 0.169. The number of H-pyrrole nitrogens is 1. The van der Waals surface area contributed by atoms with Gasteiger partial charge < -0.3 is 9.84 Å². The zero-order valence-electron chi connectivity index (χ0n) is 9.77. The van der Waals surface area contributed by atoms with E-state index in [0.29, 0.717) is 18.2 Å². The Balaban J connectivity index is 2.10. The molecule has 0 bridgehead atoms. The number of aromatic amines is 1. The SMILES string of the molecule is Cc1cnc(=O)c2c[nH]n(C3CCCOC3)c1-2. The molecule has 5 nitrogen and oxygen atoms in total. The third-order valence-electron chi connectivity index (χ3n) is 3.32. The van der Waals surface area contributed by atoms with Gasteiger partial charge in [-0.15, -0.1) is 0 Å².